The fourth-order valence-corrected chi connectivity index (χ4v) is 3.03. The molecule has 1 heterocycles. The number of likely N-dealkylation sites (tertiary alicyclic amines) is 1. The summed E-state index contributed by atoms with van der Waals surface area (Å²) in [5.41, 5.74) is 1.43. The van der Waals surface area contributed by atoms with Gasteiger partial charge in [0, 0.05) is 18.8 Å². The van der Waals surface area contributed by atoms with Crippen molar-refractivity contribution in [2.24, 2.45) is 0 Å². The van der Waals surface area contributed by atoms with Gasteiger partial charge in [0.15, 0.2) is 0 Å². The van der Waals surface area contributed by atoms with Crippen LogP contribution in [0.1, 0.15) is 18.4 Å². The van der Waals surface area contributed by atoms with E-state index in [2.05, 4.69) is 5.32 Å². The van der Waals surface area contributed by atoms with E-state index in [0.29, 0.717) is 24.3 Å². The SMILES string of the molecule is O=C(O)/C(=C(/C(=O)Nc1ccccc1)N1CCCC1)c1ccccc1. The summed E-state index contributed by atoms with van der Waals surface area (Å²) in [4.78, 5) is 26.8. The highest BCUT2D eigenvalue weighted by Gasteiger charge is 2.29. The van der Waals surface area contributed by atoms with E-state index in [1.165, 1.54) is 0 Å². The third-order valence-electron chi connectivity index (χ3n) is 4.18. The second kappa shape index (κ2) is 7.66. The van der Waals surface area contributed by atoms with E-state index in [1.54, 1.807) is 36.4 Å². The Balaban J connectivity index is 2.06. The molecular formula is C20H20N2O3. The summed E-state index contributed by atoms with van der Waals surface area (Å²) in [7, 11) is 0. The van der Waals surface area contributed by atoms with Crippen LogP contribution in [0.5, 0.6) is 0 Å². The predicted molar refractivity (Wildman–Crippen MR) is 96.9 cm³/mol. The van der Waals surface area contributed by atoms with E-state index in [9.17, 15) is 14.7 Å². The zero-order valence-corrected chi connectivity index (χ0v) is 13.8. The number of carboxylic acid groups (broad SMARTS) is 1. The van der Waals surface area contributed by atoms with Gasteiger partial charge in [-0.15, -0.1) is 0 Å². The van der Waals surface area contributed by atoms with Gasteiger partial charge < -0.3 is 15.3 Å². The normalized spacial score (nSPS) is 14.8. The van der Waals surface area contributed by atoms with Gasteiger partial charge in [-0.25, -0.2) is 4.79 Å². The standard InChI is InChI=1S/C20H20N2O3/c23-19(21-16-11-5-2-6-12-16)18(22-13-7-8-14-22)17(20(24)25)15-9-3-1-4-10-15/h1-6,9-12H,7-8,13-14H2,(H,21,23)(H,24,25)/b18-17-. The lowest BCUT2D eigenvalue weighted by Crippen LogP contribution is -2.31. The first-order valence-electron chi connectivity index (χ1n) is 8.31. The van der Waals surface area contributed by atoms with E-state index in [0.717, 1.165) is 12.8 Å². The molecular weight excluding hydrogens is 316 g/mol. The Hall–Kier alpha value is -3.08. The van der Waals surface area contributed by atoms with E-state index >= 15 is 0 Å². The number of nitrogens with one attached hydrogen (secondary N) is 1. The molecule has 1 aliphatic rings. The van der Waals surface area contributed by atoms with Crippen molar-refractivity contribution in [3.05, 3.63) is 71.9 Å². The Morgan fingerprint density at radius 1 is 0.880 bits per heavy atom. The first-order chi connectivity index (χ1) is 12.2. The summed E-state index contributed by atoms with van der Waals surface area (Å²) in [5, 5.41) is 12.6. The van der Waals surface area contributed by atoms with Gasteiger partial charge >= 0.3 is 5.97 Å². The van der Waals surface area contributed by atoms with Crippen LogP contribution in [0.15, 0.2) is 66.4 Å². The van der Waals surface area contributed by atoms with Gasteiger partial charge in [0.1, 0.15) is 5.70 Å². The number of amides is 1. The smallest absolute Gasteiger partial charge is 0.338 e. The molecule has 2 N–H and O–H groups in total. The number of hydrogen-bond donors (Lipinski definition) is 2. The fraction of sp³-hybridized carbons (Fsp3) is 0.200. The van der Waals surface area contributed by atoms with Gasteiger partial charge in [-0.2, -0.15) is 0 Å². The highest BCUT2D eigenvalue weighted by Crippen LogP contribution is 2.26. The first-order valence-corrected chi connectivity index (χ1v) is 8.31. The van der Waals surface area contributed by atoms with Crippen LogP contribution in [0.25, 0.3) is 5.57 Å². The third kappa shape index (κ3) is 3.88. The molecule has 128 valence electrons. The molecule has 0 radical (unpaired) electrons. The lowest BCUT2D eigenvalue weighted by Gasteiger charge is -2.23. The van der Waals surface area contributed by atoms with Crippen LogP contribution in [0, 0.1) is 0 Å². The van der Waals surface area contributed by atoms with Crippen molar-refractivity contribution in [2.45, 2.75) is 12.8 Å². The summed E-state index contributed by atoms with van der Waals surface area (Å²) in [6.07, 6.45) is 1.90. The fourth-order valence-electron chi connectivity index (χ4n) is 3.03. The Bertz CT molecular complexity index is 779. The molecule has 0 aliphatic carbocycles. The molecule has 0 spiro atoms. The molecule has 1 amide bonds. The van der Waals surface area contributed by atoms with Crippen molar-refractivity contribution >= 4 is 23.1 Å². The third-order valence-corrected chi connectivity index (χ3v) is 4.18. The number of hydrogen-bond acceptors (Lipinski definition) is 3. The van der Waals surface area contributed by atoms with Gasteiger partial charge in [0.05, 0.1) is 5.57 Å². The molecule has 1 saturated heterocycles. The highest BCUT2D eigenvalue weighted by atomic mass is 16.4. The van der Waals surface area contributed by atoms with Gasteiger partial charge in [-0.05, 0) is 30.5 Å². The lowest BCUT2D eigenvalue weighted by atomic mass is 10.0. The van der Waals surface area contributed by atoms with Gasteiger partial charge in [0.25, 0.3) is 5.91 Å². The van der Waals surface area contributed by atoms with Crippen molar-refractivity contribution in [3.63, 3.8) is 0 Å². The van der Waals surface area contributed by atoms with E-state index in [-0.39, 0.29) is 11.3 Å². The van der Waals surface area contributed by atoms with Crippen LogP contribution >= 0.6 is 0 Å². The molecule has 0 aromatic heterocycles. The molecule has 0 atom stereocenters. The molecule has 2 aromatic carbocycles. The first kappa shape index (κ1) is 16.8. The molecule has 0 unspecified atom stereocenters. The number of nitrogens with zero attached hydrogens (tertiary/aromatic N) is 1. The quantitative estimate of drug-likeness (QED) is 0.823. The monoisotopic (exact) mass is 336 g/mol. The van der Waals surface area contributed by atoms with Crippen molar-refractivity contribution in [2.75, 3.05) is 18.4 Å². The van der Waals surface area contributed by atoms with Crippen LogP contribution in [0.4, 0.5) is 5.69 Å². The van der Waals surface area contributed by atoms with E-state index in [4.69, 9.17) is 0 Å². The zero-order chi connectivity index (χ0) is 17.6. The molecule has 0 bridgehead atoms. The summed E-state index contributed by atoms with van der Waals surface area (Å²) < 4.78 is 0. The Morgan fingerprint density at radius 2 is 1.44 bits per heavy atom. The van der Waals surface area contributed by atoms with Crippen molar-refractivity contribution in [3.8, 4) is 0 Å². The predicted octanol–water partition coefficient (Wildman–Crippen LogP) is 3.22. The number of carbonyl (C=O) groups is 2. The Morgan fingerprint density at radius 3 is 2.00 bits per heavy atom. The molecule has 1 fully saturated rings. The maximum Gasteiger partial charge on any atom is 0.338 e. The number of anilines is 1. The van der Waals surface area contributed by atoms with Crippen molar-refractivity contribution < 1.29 is 14.7 Å². The maximum absolute atomic E-state index is 12.9. The number of rotatable bonds is 5. The van der Waals surface area contributed by atoms with E-state index < -0.39 is 11.9 Å². The summed E-state index contributed by atoms with van der Waals surface area (Å²) in [6.45, 7) is 1.36. The second-order valence-electron chi connectivity index (χ2n) is 5.91. The van der Waals surface area contributed by atoms with Crippen molar-refractivity contribution in [1.29, 1.82) is 0 Å². The number of carbonyl (C=O) groups excluding carboxylic acids is 1. The van der Waals surface area contributed by atoms with Crippen LogP contribution < -0.4 is 5.32 Å². The number of para-hydroxylation sites is 1. The number of benzene rings is 2. The largest absolute Gasteiger partial charge is 0.478 e. The minimum absolute atomic E-state index is 0.0379. The number of aliphatic carboxylic acids is 1. The lowest BCUT2D eigenvalue weighted by molar-refractivity contribution is -0.130. The Kier molecular flexibility index (Phi) is 5.14. The molecule has 5 nitrogen and oxygen atoms in total. The van der Waals surface area contributed by atoms with Crippen LogP contribution in [-0.2, 0) is 9.59 Å². The van der Waals surface area contributed by atoms with Crippen LogP contribution in [0.3, 0.4) is 0 Å². The average Bonchev–Trinajstić information content (AvgIpc) is 3.14. The minimum atomic E-state index is -1.10. The summed E-state index contributed by atoms with van der Waals surface area (Å²) in [5.74, 6) is -1.49. The highest BCUT2D eigenvalue weighted by molar-refractivity contribution is 6.24. The molecule has 25 heavy (non-hydrogen) atoms. The summed E-state index contributed by atoms with van der Waals surface area (Å²) in [6, 6.07) is 17.9. The van der Waals surface area contributed by atoms with Gasteiger partial charge in [-0.3, -0.25) is 4.79 Å². The molecule has 2 aromatic rings. The van der Waals surface area contributed by atoms with Gasteiger partial charge in [0.2, 0.25) is 0 Å². The zero-order valence-electron chi connectivity index (χ0n) is 13.8. The van der Waals surface area contributed by atoms with Crippen LogP contribution in [-0.4, -0.2) is 35.0 Å². The maximum atomic E-state index is 12.9. The van der Waals surface area contributed by atoms with Gasteiger partial charge in [-0.1, -0.05) is 48.5 Å². The topological polar surface area (TPSA) is 69.6 Å². The van der Waals surface area contributed by atoms with Crippen molar-refractivity contribution in [1.82, 2.24) is 4.90 Å². The molecule has 0 saturated carbocycles. The molecule has 3 rings (SSSR count). The second-order valence-corrected chi connectivity index (χ2v) is 5.91. The molecule has 1 aliphatic heterocycles. The Labute approximate surface area is 146 Å². The molecule has 5 heteroatoms. The summed E-state index contributed by atoms with van der Waals surface area (Å²) >= 11 is 0. The van der Waals surface area contributed by atoms with Crippen LogP contribution in [0.2, 0.25) is 0 Å². The average molecular weight is 336 g/mol. The van der Waals surface area contributed by atoms with E-state index in [1.807, 2.05) is 29.2 Å². The number of carboxylic acids is 1. The minimum Gasteiger partial charge on any atom is -0.478 e.